The van der Waals surface area contributed by atoms with Crippen LogP contribution in [-0.2, 0) is 14.3 Å². The third-order valence-electron chi connectivity index (χ3n) is 2.82. The summed E-state index contributed by atoms with van der Waals surface area (Å²) < 4.78 is 4.69. The number of carbonyl (C=O) groups excluding carboxylic acids is 1. The summed E-state index contributed by atoms with van der Waals surface area (Å²) >= 11 is 0. The summed E-state index contributed by atoms with van der Waals surface area (Å²) in [6.07, 6.45) is 2.44. The lowest BCUT2D eigenvalue weighted by atomic mass is 10.3. The Hall–Kier alpha value is -1.14. The van der Waals surface area contributed by atoms with Crippen molar-refractivity contribution in [3.8, 4) is 0 Å². The molecule has 6 heteroatoms. The minimum atomic E-state index is -1.07. The van der Waals surface area contributed by atoms with Crippen LogP contribution in [0, 0.1) is 0 Å². The van der Waals surface area contributed by atoms with Crippen LogP contribution in [0.1, 0.15) is 19.8 Å². The molecule has 1 atom stereocenters. The number of amides is 1. The van der Waals surface area contributed by atoms with Crippen molar-refractivity contribution in [3.63, 3.8) is 0 Å². The first kappa shape index (κ1) is 13.9. The fourth-order valence-corrected chi connectivity index (χ4v) is 1.86. The van der Waals surface area contributed by atoms with Gasteiger partial charge >= 0.3 is 5.97 Å². The molecule has 98 valence electrons. The third-order valence-corrected chi connectivity index (χ3v) is 2.82. The molecule has 0 radical (unpaired) electrons. The molecule has 1 amide bonds. The van der Waals surface area contributed by atoms with E-state index in [2.05, 4.69) is 21.9 Å². The van der Waals surface area contributed by atoms with Crippen molar-refractivity contribution in [2.75, 3.05) is 32.8 Å². The molecule has 1 rings (SSSR count). The quantitative estimate of drug-likeness (QED) is 0.642. The van der Waals surface area contributed by atoms with Gasteiger partial charge in [0, 0.05) is 12.6 Å². The van der Waals surface area contributed by atoms with Crippen molar-refractivity contribution in [1.29, 1.82) is 0 Å². The summed E-state index contributed by atoms with van der Waals surface area (Å²) in [6.45, 7) is 4.20. The molecule has 1 unspecified atom stereocenters. The molecular weight excluding hydrogens is 224 g/mol. The van der Waals surface area contributed by atoms with Gasteiger partial charge in [0.25, 0.3) is 0 Å². The van der Waals surface area contributed by atoms with E-state index < -0.39 is 12.6 Å². The van der Waals surface area contributed by atoms with E-state index in [9.17, 15) is 9.59 Å². The van der Waals surface area contributed by atoms with Gasteiger partial charge in [0.1, 0.15) is 13.2 Å². The van der Waals surface area contributed by atoms with E-state index in [1.165, 1.54) is 12.8 Å². The second-order valence-electron chi connectivity index (χ2n) is 4.28. The Morgan fingerprint density at radius 2 is 2.00 bits per heavy atom. The summed E-state index contributed by atoms with van der Waals surface area (Å²) in [4.78, 5) is 23.8. The first-order chi connectivity index (χ1) is 8.09. The van der Waals surface area contributed by atoms with Crippen LogP contribution in [-0.4, -0.2) is 60.8 Å². The van der Waals surface area contributed by atoms with Crippen molar-refractivity contribution in [2.24, 2.45) is 0 Å². The Kier molecular flexibility index (Phi) is 5.93. The number of nitrogens with one attached hydrogen (secondary N) is 1. The lowest BCUT2D eigenvalue weighted by Crippen LogP contribution is -2.41. The largest absolute Gasteiger partial charge is 0.480 e. The van der Waals surface area contributed by atoms with E-state index in [0.717, 1.165) is 13.1 Å². The highest BCUT2D eigenvalue weighted by atomic mass is 16.5. The molecule has 0 aromatic carbocycles. The molecule has 0 bridgehead atoms. The predicted octanol–water partition coefficient (Wildman–Crippen LogP) is -0.312. The molecular formula is C11H20N2O4. The van der Waals surface area contributed by atoms with Gasteiger partial charge in [-0.2, -0.15) is 0 Å². The topological polar surface area (TPSA) is 78.9 Å². The molecule has 1 aliphatic rings. The summed E-state index contributed by atoms with van der Waals surface area (Å²) in [5.41, 5.74) is 0. The summed E-state index contributed by atoms with van der Waals surface area (Å²) in [5.74, 6) is -1.33. The minimum absolute atomic E-state index is 0.195. The van der Waals surface area contributed by atoms with Gasteiger partial charge in [-0.1, -0.05) is 0 Å². The fraction of sp³-hybridized carbons (Fsp3) is 0.818. The first-order valence-electron chi connectivity index (χ1n) is 5.90. The number of carbonyl (C=O) groups is 2. The molecule has 6 nitrogen and oxygen atoms in total. The maximum atomic E-state index is 11.3. The second kappa shape index (κ2) is 7.24. The van der Waals surface area contributed by atoms with Gasteiger partial charge in [0.15, 0.2) is 0 Å². The highest BCUT2D eigenvalue weighted by Gasteiger charge is 2.18. The number of ether oxygens (including phenoxy) is 1. The molecule has 1 saturated heterocycles. The van der Waals surface area contributed by atoms with Gasteiger partial charge in [-0.3, -0.25) is 9.69 Å². The predicted molar refractivity (Wildman–Crippen MR) is 61.7 cm³/mol. The van der Waals surface area contributed by atoms with Gasteiger partial charge in [0.05, 0.1) is 0 Å². The van der Waals surface area contributed by atoms with Crippen molar-refractivity contribution in [2.45, 2.75) is 25.8 Å². The summed E-state index contributed by atoms with van der Waals surface area (Å²) in [6, 6.07) is 0.320. The highest BCUT2D eigenvalue weighted by molar-refractivity contribution is 5.77. The average molecular weight is 244 g/mol. The number of likely N-dealkylation sites (tertiary alicyclic amines) is 1. The van der Waals surface area contributed by atoms with Crippen molar-refractivity contribution in [3.05, 3.63) is 0 Å². The zero-order valence-corrected chi connectivity index (χ0v) is 10.1. The normalized spacial score (nSPS) is 17.9. The molecule has 2 N–H and O–H groups in total. The van der Waals surface area contributed by atoms with Crippen molar-refractivity contribution >= 4 is 11.9 Å². The SMILES string of the molecule is CC(CNC(=O)COCC(=O)O)N1CCCC1. The number of carboxylic acids is 1. The monoisotopic (exact) mass is 244 g/mol. The van der Waals surface area contributed by atoms with Gasteiger partial charge in [-0.15, -0.1) is 0 Å². The fourth-order valence-electron chi connectivity index (χ4n) is 1.86. The highest BCUT2D eigenvalue weighted by Crippen LogP contribution is 2.10. The number of rotatable bonds is 7. The van der Waals surface area contributed by atoms with Gasteiger partial charge in [0.2, 0.25) is 5.91 Å². The Morgan fingerprint density at radius 1 is 1.35 bits per heavy atom. The van der Waals surface area contributed by atoms with Crippen LogP contribution in [0.3, 0.4) is 0 Å². The van der Waals surface area contributed by atoms with E-state index in [1.54, 1.807) is 0 Å². The molecule has 0 aliphatic carbocycles. The Morgan fingerprint density at radius 3 is 2.59 bits per heavy atom. The Balaban J connectivity index is 2.08. The van der Waals surface area contributed by atoms with E-state index in [4.69, 9.17) is 5.11 Å². The maximum absolute atomic E-state index is 11.3. The average Bonchev–Trinajstić information content (AvgIpc) is 2.78. The van der Waals surface area contributed by atoms with Crippen LogP contribution in [0.15, 0.2) is 0 Å². The van der Waals surface area contributed by atoms with Crippen LogP contribution in [0.2, 0.25) is 0 Å². The third kappa shape index (κ3) is 5.65. The minimum Gasteiger partial charge on any atom is -0.480 e. The zero-order valence-electron chi connectivity index (χ0n) is 10.1. The lowest BCUT2D eigenvalue weighted by molar-refractivity contribution is -0.143. The number of hydrogen-bond donors (Lipinski definition) is 2. The first-order valence-corrected chi connectivity index (χ1v) is 5.90. The van der Waals surface area contributed by atoms with Crippen LogP contribution in [0.4, 0.5) is 0 Å². The Bertz CT molecular complexity index is 264. The van der Waals surface area contributed by atoms with E-state index in [1.807, 2.05) is 0 Å². The second-order valence-corrected chi connectivity index (χ2v) is 4.28. The number of aliphatic carboxylic acids is 1. The Labute approximate surface area is 101 Å². The molecule has 0 aromatic heterocycles. The molecule has 0 spiro atoms. The van der Waals surface area contributed by atoms with Gasteiger partial charge in [-0.05, 0) is 32.9 Å². The summed E-state index contributed by atoms with van der Waals surface area (Å²) in [5, 5.41) is 11.1. The molecule has 17 heavy (non-hydrogen) atoms. The van der Waals surface area contributed by atoms with Gasteiger partial charge < -0.3 is 15.2 Å². The van der Waals surface area contributed by atoms with Crippen molar-refractivity contribution < 1.29 is 19.4 Å². The number of carboxylic acid groups (broad SMARTS) is 1. The maximum Gasteiger partial charge on any atom is 0.329 e. The summed E-state index contributed by atoms with van der Waals surface area (Å²) in [7, 11) is 0. The molecule has 0 aromatic rings. The van der Waals surface area contributed by atoms with Crippen molar-refractivity contribution in [1.82, 2.24) is 10.2 Å². The molecule has 1 heterocycles. The smallest absolute Gasteiger partial charge is 0.329 e. The van der Waals surface area contributed by atoms with Gasteiger partial charge in [-0.25, -0.2) is 4.79 Å². The lowest BCUT2D eigenvalue weighted by Gasteiger charge is -2.23. The number of nitrogens with zero attached hydrogens (tertiary/aromatic N) is 1. The molecule has 1 aliphatic heterocycles. The van der Waals surface area contributed by atoms with E-state index >= 15 is 0 Å². The number of hydrogen-bond acceptors (Lipinski definition) is 4. The molecule has 1 fully saturated rings. The zero-order chi connectivity index (χ0) is 12.7. The van der Waals surface area contributed by atoms with Crippen LogP contribution < -0.4 is 5.32 Å². The van der Waals surface area contributed by atoms with Crippen LogP contribution in [0.25, 0.3) is 0 Å². The standard InChI is InChI=1S/C11H20N2O4/c1-9(13-4-2-3-5-13)6-12-10(14)7-17-8-11(15)16/h9H,2-8H2,1H3,(H,12,14)(H,15,16). The van der Waals surface area contributed by atoms with Crippen LogP contribution in [0.5, 0.6) is 0 Å². The van der Waals surface area contributed by atoms with Crippen LogP contribution >= 0.6 is 0 Å². The van der Waals surface area contributed by atoms with E-state index in [-0.39, 0.29) is 12.5 Å². The molecule has 0 saturated carbocycles. The van der Waals surface area contributed by atoms with E-state index in [0.29, 0.717) is 12.6 Å².